The molecule has 0 N–H and O–H groups in total. The fourth-order valence-corrected chi connectivity index (χ4v) is 4.07. The van der Waals surface area contributed by atoms with Crippen LogP contribution in [0.25, 0.3) is 0 Å². The Bertz CT molecular complexity index is 508. The number of hydrogen-bond donors (Lipinski definition) is 0. The highest BCUT2D eigenvalue weighted by Crippen LogP contribution is 2.47. The molecule has 0 aromatic carbocycles. The number of hydrogen-bond acceptors (Lipinski definition) is 3. The van der Waals surface area contributed by atoms with Gasteiger partial charge in [-0.1, -0.05) is 27.2 Å². The van der Waals surface area contributed by atoms with Crippen LogP contribution in [-0.4, -0.2) is 21.4 Å². The van der Waals surface area contributed by atoms with Crippen LogP contribution >= 0.6 is 0 Å². The van der Waals surface area contributed by atoms with Crippen LogP contribution in [0.4, 0.5) is 0 Å². The van der Waals surface area contributed by atoms with E-state index in [-0.39, 0.29) is 11.0 Å². The molecule has 1 unspecified atom stereocenters. The molecule has 4 heteroatoms. The number of ether oxygens (including phenoxy) is 1. The molecule has 0 saturated carbocycles. The van der Waals surface area contributed by atoms with E-state index in [9.17, 15) is 4.79 Å². The zero-order chi connectivity index (χ0) is 18.4. The highest BCUT2D eigenvalue weighted by Gasteiger charge is 2.48. The van der Waals surface area contributed by atoms with E-state index in [1.807, 2.05) is 0 Å². The largest absolute Gasteiger partial charge is 0.546 e. The summed E-state index contributed by atoms with van der Waals surface area (Å²) in [5, 5.41) is 0.0841. The number of rotatable bonds is 6. The maximum atomic E-state index is 12.8. The van der Waals surface area contributed by atoms with Gasteiger partial charge in [0.15, 0.2) is 0 Å². The SMILES string of the molecule is C#CCCCC1(C(=O)OC)CCCCC=C1O[Si](C)(C)C(C)(C)C. The van der Waals surface area contributed by atoms with Crippen molar-refractivity contribution in [1.82, 2.24) is 0 Å². The molecule has 0 aromatic heterocycles. The molecule has 0 amide bonds. The summed E-state index contributed by atoms with van der Waals surface area (Å²) in [5.74, 6) is 3.35. The summed E-state index contributed by atoms with van der Waals surface area (Å²) >= 11 is 0. The van der Waals surface area contributed by atoms with Crippen LogP contribution < -0.4 is 0 Å². The topological polar surface area (TPSA) is 35.5 Å². The zero-order valence-electron chi connectivity index (χ0n) is 16.3. The molecule has 1 aliphatic rings. The van der Waals surface area contributed by atoms with Crippen LogP contribution in [0.15, 0.2) is 11.8 Å². The van der Waals surface area contributed by atoms with Crippen LogP contribution in [0.2, 0.25) is 18.1 Å². The molecule has 1 rings (SSSR count). The van der Waals surface area contributed by atoms with Crippen molar-refractivity contribution in [3.63, 3.8) is 0 Å². The van der Waals surface area contributed by atoms with Crippen molar-refractivity contribution in [2.75, 3.05) is 7.11 Å². The van der Waals surface area contributed by atoms with E-state index in [4.69, 9.17) is 15.6 Å². The monoisotopic (exact) mass is 350 g/mol. The summed E-state index contributed by atoms with van der Waals surface area (Å²) in [7, 11) is -0.554. The fraction of sp³-hybridized carbons (Fsp3) is 0.750. The lowest BCUT2D eigenvalue weighted by Gasteiger charge is -2.42. The molecular weight excluding hydrogens is 316 g/mol. The highest BCUT2D eigenvalue weighted by molar-refractivity contribution is 6.74. The summed E-state index contributed by atoms with van der Waals surface area (Å²) in [5.41, 5.74) is -0.669. The van der Waals surface area contributed by atoms with Crippen LogP contribution in [0.3, 0.4) is 0 Å². The lowest BCUT2D eigenvalue weighted by atomic mass is 9.77. The first-order valence-electron chi connectivity index (χ1n) is 9.02. The lowest BCUT2D eigenvalue weighted by molar-refractivity contribution is -0.153. The van der Waals surface area contributed by atoms with Gasteiger partial charge in [0, 0.05) is 6.42 Å². The predicted molar refractivity (Wildman–Crippen MR) is 102 cm³/mol. The lowest BCUT2D eigenvalue weighted by Crippen LogP contribution is -2.45. The Balaban J connectivity index is 3.24. The Morgan fingerprint density at radius 3 is 2.58 bits per heavy atom. The molecule has 3 nitrogen and oxygen atoms in total. The van der Waals surface area contributed by atoms with Gasteiger partial charge in [-0.15, -0.1) is 12.3 Å². The summed E-state index contributed by atoms with van der Waals surface area (Å²) in [6.45, 7) is 11.1. The molecular formula is C20H34O3Si. The van der Waals surface area contributed by atoms with Gasteiger partial charge < -0.3 is 9.16 Å². The van der Waals surface area contributed by atoms with E-state index in [1.54, 1.807) is 0 Å². The third kappa shape index (κ3) is 4.66. The first-order chi connectivity index (χ1) is 11.1. The maximum Gasteiger partial charge on any atom is 0.319 e. The molecule has 0 radical (unpaired) electrons. The molecule has 0 aromatic rings. The van der Waals surface area contributed by atoms with Crippen LogP contribution in [-0.2, 0) is 14.0 Å². The van der Waals surface area contributed by atoms with Gasteiger partial charge in [-0.25, -0.2) is 0 Å². The zero-order valence-corrected chi connectivity index (χ0v) is 17.3. The standard InChI is InChI=1S/C20H34O3Si/c1-8-9-12-15-20(18(21)22-5)16-13-10-11-14-17(20)23-24(6,7)19(2,3)4/h1,14H,9-13,15-16H2,2-7H3. The number of unbranched alkanes of at least 4 members (excludes halogenated alkanes) is 1. The third-order valence-corrected chi connectivity index (χ3v) is 9.87. The van der Waals surface area contributed by atoms with E-state index in [0.717, 1.165) is 37.9 Å². The van der Waals surface area contributed by atoms with Gasteiger partial charge in [0.2, 0.25) is 8.32 Å². The average Bonchev–Trinajstić information content (AvgIpc) is 2.69. The number of carbonyl (C=O) groups is 1. The Labute approximate surface area is 149 Å². The summed E-state index contributed by atoms with van der Waals surface area (Å²) < 4.78 is 11.9. The number of carbonyl (C=O) groups excluding carboxylic acids is 1. The first kappa shape index (κ1) is 20.8. The average molecular weight is 351 g/mol. The Hall–Kier alpha value is -1.21. The van der Waals surface area contributed by atoms with Gasteiger partial charge in [-0.2, -0.15) is 0 Å². The second kappa shape index (κ2) is 8.25. The smallest absolute Gasteiger partial charge is 0.319 e. The van der Waals surface area contributed by atoms with Crippen molar-refractivity contribution >= 4 is 14.3 Å². The van der Waals surface area contributed by atoms with E-state index >= 15 is 0 Å². The van der Waals surface area contributed by atoms with Gasteiger partial charge in [-0.3, -0.25) is 4.79 Å². The van der Waals surface area contributed by atoms with E-state index < -0.39 is 13.7 Å². The molecule has 0 fully saturated rings. The maximum absolute atomic E-state index is 12.8. The van der Waals surface area contributed by atoms with Crippen LogP contribution in [0, 0.1) is 17.8 Å². The van der Waals surface area contributed by atoms with Gasteiger partial charge >= 0.3 is 5.97 Å². The number of terminal acetylenes is 1. The number of allylic oxidation sites excluding steroid dienone is 1. The molecule has 24 heavy (non-hydrogen) atoms. The van der Waals surface area contributed by atoms with E-state index in [1.165, 1.54) is 7.11 Å². The van der Waals surface area contributed by atoms with Gasteiger partial charge in [0.25, 0.3) is 0 Å². The van der Waals surface area contributed by atoms with E-state index in [0.29, 0.717) is 12.8 Å². The van der Waals surface area contributed by atoms with Crippen molar-refractivity contribution in [2.45, 2.75) is 83.8 Å². The van der Waals surface area contributed by atoms with Crippen molar-refractivity contribution < 1.29 is 14.0 Å². The van der Waals surface area contributed by atoms with Crippen molar-refractivity contribution in [3.8, 4) is 12.3 Å². The van der Waals surface area contributed by atoms with Gasteiger partial charge in [0.05, 0.1) is 12.9 Å². The molecule has 136 valence electrons. The predicted octanol–water partition coefficient (Wildman–Crippen LogP) is 5.43. The van der Waals surface area contributed by atoms with Crippen molar-refractivity contribution in [3.05, 3.63) is 11.8 Å². The van der Waals surface area contributed by atoms with Crippen LogP contribution in [0.5, 0.6) is 0 Å². The molecule has 0 aliphatic heterocycles. The van der Waals surface area contributed by atoms with Crippen molar-refractivity contribution in [2.24, 2.45) is 5.41 Å². The second-order valence-corrected chi connectivity index (χ2v) is 13.0. The summed E-state index contributed by atoms with van der Waals surface area (Å²) in [6.07, 6.45) is 13.6. The molecule has 0 heterocycles. The molecule has 0 bridgehead atoms. The van der Waals surface area contributed by atoms with Gasteiger partial charge in [-0.05, 0) is 56.3 Å². The summed E-state index contributed by atoms with van der Waals surface area (Å²) in [4.78, 5) is 12.8. The number of esters is 1. The first-order valence-corrected chi connectivity index (χ1v) is 11.9. The third-order valence-electron chi connectivity index (χ3n) is 5.53. The highest BCUT2D eigenvalue weighted by atomic mass is 28.4. The summed E-state index contributed by atoms with van der Waals surface area (Å²) in [6, 6.07) is 0. The Kier molecular flexibility index (Phi) is 7.16. The molecule has 1 atom stereocenters. The quantitative estimate of drug-likeness (QED) is 0.277. The van der Waals surface area contributed by atoms with Crippen LogP contribution in [0.1, 0.15) is 65.7 Å². The fourth-order valence-electron chi connectivity index (χ4n) is 2.93. The minimum atomic E-state index is -2.03. The second-order valence-electron chi connectivity index (χ2n) is 8.31. The minimum Gasteiger partial charge on any atom is -0.546 e. The molecule has 0 saturated heterocycles. The van der Waals surface area contributed by atoms with E-state index in [2.05, 4.69) is 45.9 Å². The van der Waals surface area contributed by atoms with Crippen molar-refractivity contribution in [1.29, 1.82) is 0 Å². The Morgan fingerprint density at radius 1 is 1.38 bits per heavy atom. The number of methoxy groups -OCH3 is 1. The molecule has 1 aliphatic carbocycles. The normalized spacial score (nSPS) is 22.1. The Morgan fingerprint density at radius 2 is 2.04 bits per heavy atom. The molecule has 0 spiro atoms. The minimum absolute atomic E-state index is 0.0841. The van der Waals surface area contributed by atoms with Gasteiger partial charge in [0.1, 0.15) is 5.41 Å².